The van der Waals surface area contributed by atoms with E-state index in [-0.39, 0.29) is 17.9 Å². The lowest BCUT2D eigenvalue weighted by atomic mass is 10.0. The number of hydrogen-bond donors (Lipinski definition) is 1. The average Bonchev–Trinajstić information content (AvgIpc) is 3.12. The molecule has 4 nitrogen and oxygen atoms in total. The molecule has 0 spiro atoms. The quantitative estimate of drug-likeness (QED) is 0.929. The molecule has 1 atom stereocenters. The Morgan fingerprint density at radius 3 is 2.56 bits per heavy atom. The lowest BCUT2D eigenvalue weighted by Gasteiger charge is -2.25. The highest BCUT2D eigenvalue weighted by molar-refractivity contribution is 5.99. The molecule has 6 heteroatoms. The molecule has 0 saturated carbocycles. The van der Waals surface area contributed by atoms with Crippen LogP contribution < -0.4 is 5.32 Å². The Hall–Kier alpha value is -2.76. The van der Waals surface area contributed by atoms with Crippen LogP contribution in [0.4, 0.5) is 8.78 Å². The Kier molecular flexibility index (Phi) is 4.79. The van der Waals surface area contributed by atoms with Crippen molar-refractivity contribution >= 4 is 11.8 Å². The van der Waals surface area contributed by atoms with Crippen LogP contribution in [0, 0.1) is 11.6 Å². The zero-order valence-electron chi connectivity index (χ0n) is 13.8. The van der Waals surface area contributed by atoms with Gasteiger partial charge in [-0.15, -0.1) is 0 Å². The number of rotatable bonds is 3. The van der Waals surface area contributed by atoms with Crippen LogP contribution in [0.1, 0.15) is 45.2 Å². The van der Waals surface area contributed by atoms with Crippen LogP contribution in [0.25, 0.3) is 0 Å². The second kappa shape index (κ2) is 7.01. The highest BCUT2D eigenvalue weighted by Crippen LogP contribution is 2.33. The summed E-state index contributed by atoms with van der Waals surface area (Å²) < 4.78 is 26.7. The van der Waals surface area contributed by atoms with Gasteiger partial charge < -0.3 is 10.2 Å². The number of hydrogen-bond acceptors (Lipinski definition) is 2. The summed E-state index contributed by atoms with van der Waals surface area (Å²) in [6.07, 6.45) is 1.47. The van der Waals surface area contributed by atoms with Crippen molar-refractivity contribution in [1.29, 1.82) is 0 Å². The standard InChI is InChI=1S/C19H18F2N2O2/c1-22-18(24)13-4-2-5-14(10-13)19(25)23-9-3-6-17(23)12-7-8-15(20)16(21)11-12/h2,4-5,7-8,10-11,17H,3,6,9H2,1H3,(H,22,24)/t17-/m0/s1. The molecule has 130 valence electrons. The van der Waals surface area contributed by atoms with E-state index in [9.17, 15) is 18.4 Å². The van der Waals surface area contributed by atoms with Gasteiger partial charge in [0, 0.05) is 24.7 Å². The second-order valence-electron chi connectivity index (χ2n) is 5.99. The second-order valence-corrected chi connectivity index (χ2v) is 5.99. The van der Waals surface area contributed by atoms with Gasteiger partial charge in [-0.1, -0.05) is 12.1 Å². The monoisotopic (exact) mass is 344 g/mol. The van der Waals surface area contributed by atoms with Crippen molar-refractivity contribution in [1.82, 2.24) is 10.2 Å². The van der Waals surface area contributed by atoms with Crippen LogP contribution in [0.15, 0.2) is 42.5 Å². The molecular weight excluding hydrogens is 326 g/mol. The molecule has 2 aromatic rings. The summed E-state index contributed by atoms with van der Waals surface area (Å²) in [7, 11) is 1.52. The first-order valence-corrected chi connectivity index (χ1v) is 8.09. The summed E-state index contributed by atoms with van der Waals surface area (Å²) in [6.45, 7) is 0.534. The third kappa shape index (κ3) is 3.38. The van der Waals surface area contributed by atoms with E-state index in [4.69, 9.17) is 0 Å². The summed E-state index contributed by atoms with van der Waals surface area (Å²) in [4.78, 5) is 26.3. The fourth-order valence-electron chi connectivity index (χ4n) is 3.18. The van der Waals surface area contributed by atoms with Gasteiger partial charge >= 0.3 is 0 Å². The number of carbonyl (C=O) groups is 2. The van der Waals surface area contributed by atoms with E-state index in [0.717, 1.165) is 18.6 Å². The molecular formula is C19H18F2N2O2. The fourth-order valence-corrected chi connectivity index (χ4v) is 3.18. The maximum absolute atomic E-state index is 13.5. The van der Waals surface area contributed by atoms with Crippen molar-refractivity contribution in [3.05, 3.63) is 70.8 Å². The summed E-state index contributed by atoms with van der Waals surface area (Å²) in [5.41, 5.74) is 1.37. The fraction of sp³-hybridized carbons (Fsp3) is 0.263. The van der Waals surface area contributed by atoms with Crippen molar-refractivity contribution in [3.63, 3.8) is 0 Å². The molecule has 2 amide bonds. The highest BCUT2D eigenvalue weighted by atomic mass is 19.2. The Morgan fingerprint density at radius 1 is 1.08 bits per heavy atom. The zero-order valence-corrected chi connectivity index (χ0v) is 13.8. The Labute approximate surface area is 144 Å². The SMILES string of the molecule is CNC(=O)c1cccc(C(=O)N2CCC[C@H]2c2ccc(F)c(F)c2)c1. The molecule has 0 unspecified atom stereocenters. The topological polar surface area (TPSA) is 49.4 Å². The van der Waals surface area contributed by atoms with Gasteiger partial charge in [0.25, 0.3) is 11.8 Å². The lowest BCUT2D eigenvalue weighted by molar-refractivity contribution is 0.0735. The summed E-state index contributed by atoms with van der Waals surface area (Å²) in [5, 5.41) is 2.52. The van der Waals surface area contributed by atoms with E-state index in [1.165, 1.54) is 13.1 Å². The van der Waals surface area contributed by atoms with Crippen LogP contribution in [-0.4, -0.2) is 30.3 Å². The molecule has 1 aliphatic rings. The maximum atomic E-state index is 13.5. The molecule has 25 heavy (non-hydrogen) atoms. The van der Waals surface area contributed by atoms with Gasteiger partial charge in [-0.3, -0.25) is 9.59 Å². The number of carbonyl (C=O) groups excluding carboxylic acids is 2. The van der Waals surface area contributed by atoms with Crippen LogP contribution >= 0.6 is 0 Å². The number of halogens is 2. The molecule has 3 rings (SSSR count). The number of likely N-dealkylation sites (tertiary alicyclic amines) is 1. The number of benzene rings is 2. The minimum atomic E-state index is -0.918. The first-order valence-electron chi connectivity index (χ1n) is 8.09. The van der Waals surface area contributed by atoms with Crippen molar-refractivity contribution in [3.8, 4) is 0 Å². The smallest absolute Gasteiger partial charge is 0.254 e. The minimum absolute atomic E-state index is 0.224. The molecule has 0 radical (unpaired) electrons. The van der Waals surface area contributed by atoms with E-state index in [1.54, 1.807) is 29.2 Å². The minimum Gasteiger partial charge on any atom is -0.355 e. The van der Waals surface area contributed by atoms with Gasteiger partial charge in [0.2, 0.25) is 0 Å². The maximum Gasteiger partial charge on any atom is 0.254 e. The molecule has 0 aromatic heterocycles. The van der Waals surface area contributed by atoms with E-state index >= 15 is 0 Å². The number of amides is 2. The summed E-state index contributed by atoms with van der Waals surface area (Å²) in [6, 6.07) is 9.91. The Balaban J connectivity index is 1.88. The number of nitrogens with zero attached hydrogens (tertiary/aromatic N) is 1. The summed E-state index contributed by atoms with van der Waals surface area (Å²) >= 11 is 0. The van der Waals surface area contributed by atoms with E-state index < -0.39 is 11.6 Å². The van der Waals surface area contributed by atoms with Crippen molar-refractivity contribution in [2.45, 2.75) is 18.9 Å². The van der Waals surface area contributed by atoms with Gasteiger partial charge in [-0.2, -0.15) is 0 Å². The van der Waals surface area contributed by atoms with Gasteiger partial charge in [-0.25, -0.2) is 8.78 Å². The van der Waals surface area contributed by atoms with Crippen LogP contribution in [0.2, 0.25) is 0 Å². The third-order valence-corrected chi connectivity index (χ3v) is 4.44. The Bertz CT molecular complexity index is 823. The molecule has 1 saturated heterocycles. The van der Waals surface area contributed by atoms with Gasteiger partial charge in [0.1, 0.15) is 0 Å². The van der Waals surface area contributed by atoms with E-state index in [1.807, 2.05) is 0 Å². The third-order valence-electron chi connectivity index (χ3n) is 4.44. The van der Waals surface area contributed by atoms with Crippen molar-refractivity contribution in [2.24, 2.45) is 0 Å². The van der Waals surface area contributed by atoms with Gasteiger partial charge in [0.15, 0.2) is 11.6 Å². The van der Waals surface area contributed by atoms with Crippen molar-refractivity contribution < 1.29 is 18.4 Å². The normalized spacial score (nSPS) is 16.8. The predicted molar refractivity (Wildman–Crippen MR) is 89.2 cm³/mol. The van der Waals surface area contributed by atoms with Gasteiger partial charge in [-0.05, 0) is 48.7 Å². The molecule has 0 bridgehead atoms. The molecule has 0 aliphatic carbocycles. The summed E-state index contributed by atoms with van der Waals surface area (Å²) in [5.74, 6) is -2.32. The molecule has 1 fully saturated rings. The first kappa shape index (κ1) is 17.1. The molecule has 1 aliphatic heterocycles. The Morgan fingerprint density at radius 2 is 1.84 bits per heavy atom. The average molecular weight is 344 g/mol. The molecule has 1 heterocycles. The van der Waals surface area contributed by atoms with E-state index in [2.05, 4.69) is 5.32 Å². The van der Waals surface area contributed by atoms with Crippen molar-refractivity contribution in [2.75, 3.05) is 13.6 Å². The van der Waals surface area contributed by atoms with Crippen LogP contribution in [0.3, 0.4) is 0 Å². The van der Waals surface area contributed by atoms with Crippen LogP contribution in [-0.2, 0) is 0 Å². The highest BCUT2D eigenvalue weighted by Gasteiger charge is 2.31. The molecule has 2 aromatic carbocycles. The van der Waals surface area contributed by atoms with Crippen LogP contribution in [0.5, 0.6) is 0 Å². The van der Waals surface area contributed by atoms with Gasteiger partial charge in [0.05, 0.1) is 6.04 Å². The lowest BCUT2D eigenvalue weighted by Crippen LogP contribution is -2.31. The first-order chi connectivity index (χ1) is 12.0. The molecule has 1 N–H and O–H groups in total. The zero-order chi connectivity index (χ0) is 18.0. The van der Waals surface area contributed by atoms with E-state index in [0.29, 0.717) is 29.7 Å². The predicted octanol–water partition coefficient (Wildman–Crippen LogP) is 3.30. The number of nitrogens with one attached hydrogen (secondary N) is 1. The largest absolute Gasteiger partial charge is 0.355 e.